The van der Waals surface area contributed by atoms with Crippen molar-refractivity contribution in [2.24, 2.45) is 35.5 Å². The molecule has 1 saturated carbocycles. The summed E-state index contributed by atoms with van der Waals surface area (Å²) >= 11 is 6.06. The fraction of sp³-hybridized carbons (Fsp3) is 0.676. The lowest BCUT2D eigenvalue weighted by atomic mass is 9.78. The van der Waals surface area contributed by atoms with E-state index in [9.17, 15) is 48.6 Å². The predicted octanol–water partition coefficient (Wildman–Crippen LogP) is 11.4. The lowest BCUT2D eigenvalue weighted by molar-refractivity contribution is -0.265. The molecule has 3 fully saturated rings. The van der Waals surface area contributed by atoms with E-state index in [1.54, 1.807) is 41.1 Å². The van der Waals surface area contributed by atoms with Crippen molar-refractivity contribution in [1.29, 1.82) is 0 Å². The minimum atomic E-state index is -2.46. The molecule has 3 aliphatic heterocycles. The topological polar surface area (TPSA) is 269 Å². The number of rotatable bonds is 17. The van der Waals surface area contributed by atoms with Crippen molar-refractivity contribution in [3.63, 3.8) is 0 Å². The van der Waals surface area contributed by atoms with Gasteiger partial charge in [-0.2, -0.15) is 0 Å². The van der Waals surface area contributed by atoms with Gasteiger partial charge in [0.2, 0.25) is 17.6 Å². The summed E-state index contributed by atoms with van der Waals surface area (Å²) in [6.07, 6.45) is 14.5. The summed E-state index contributed by atoms with van der Waals surface area (Å²) in [6.45, 7) is 16.1. The molecule has 3 heterocycles. The molecular formula is C68H98I3N3O17. The van der Waals surface area contributed by atoms with E-state index in [0.717, 1.165) is 31.3 Å². The first-order valence-electron chi connectivity index (χ1n) is 32.1. The quantitative estimate of drug-likeness (QED) is 0.0371. The largest absolute Gasteiger partial charge is 0.462 e. The summed E-state index contributed by atoms with van der Waals surface area (Å²) in [6, 6.07) is -1.18. The Kier molecular flexibility index (Phi) is 32.3. The molecule has 3 amide bonds. The van der Waals surface area contributed by atoms with Gasteiger partial charge in [-0.3, -0.25) is 28.8 Å². The van der Waals surface area contributed by atoms with E-state index in [-0.39, 0.29) is 84.9 Å². The van der Waals surface area contributed by atoms with Gasteiger partial charge >= 0.3 is 11.9 Å². The average Bonchev–Trinajstić information content (AvgIpc) is 1.15. The standard InChI is InChI=1S/C68H98I3N3O17/c1-38-22-16-15-17-23-39(2)52(85-10)36-48-27-25-44(7)68(84,91-48)64(80)65(81)74-29-19-18-24-49(74)66(82)90-53(37-50(77)40(3)33-43(6)62(79)63(87-12)61(78)42(5)32-38)41(4)34-47-26-28-51(54(35-47)86-11)88-30-20-13-14-21-31-89-67(83)55-56(69)59(72-45(8)75)58(71)60(57(55)70)73-46(9)76/h15-17,22-23,33,38,40-42,44,47-49,51-54,62-63,79,84H,13-14,18-21,24-32,34-37H2,1-12H3,(H,72,75)(H,73,76)/b17-15?,22-16+,39-23?,43-33+/t38-,40-,41-,42-,44-,47+,48+,49+,51-,52+,53+,54-,62-,63+,68-/m1/s1. The third-order valence-electron chi connectivity index (χ3n) is 18.2. The number of hydrogen-bond acceptors (Lipinski definition) is 17. The number of unbranched alkanes of at least 4 members (excludes halogenated alkanes) is 3. The fourth-order valence-corrected chi connectivity index (χ4v) is 16.9. The van der Waals surface area contributed by atoms with Gasteiger partial charge in [-0.15, -0.1) is 0 Å². The highest BCUT2D eigenvalue weighted by Gasteiger charge is 2.53. The number of halogens is 3. The zero-order valence-corrected chi connectivity index (χ0v) is 61.6. The normalized spacial score (nSPS) is 31.1. The molecule has 1 aromatic rings. The minimum absolute atomic E-state index is 0.00620. The van der Waals surface area contributed by atoms with Gasteiger partial charge in [0.1, 0.15) is 30.1 Å². The van der Waals surface area contributed by atoms with Crippen LogP contribution in [0.15, 0.2) is 47.6 Å². The molecule has 1 aliphatic carbocycles. The molecule has 23 heteroatoms. The Morgan fingerprint density at radius 3 is 2.05 bits per heavy atom. The summed E-state index contributed by atoms with van der Waals surface area (Å²) < 4.78 is 43.9. The number of nitrogens with zero attached hydrogens (tertiary/aromatic N) is 1. The van der Waals surface area contributed by atoms with E-state index in [1.165, 1.54) is 25.9 Å². The Labute approximate surface area is 579 Å². The second-order valence-electron chi connectivity index (χ2n) is 25.4. The minimum Gasteiger partial charge on any atom is -0.462 e. The van der Waals surface area contributed by atoms with Gasteiger partial charge in [0.15, 0.2) is 5.78 Å². The number of ketones is 3. The van der Waals surface area contributed by atoms with Crippen LogP contribution in [-0.2, 0) is 66.7 Å². The second kappa shape index (κ2) is 37.7. The Hall–Kier alpha value is -3.55. The third-order valence-corrected chi connectivity index (χ3v) is 21.4. The molecule has 20 nitrogen and oxygen atoms in total. The molecule has 4 aliphatic rings. The summed E-state index contributed by atoms with van der Waals surface area (Å²) in [5.41, 5.74) is 2.35. The van der Waals surface area contributed by atoms with Gasteiger partial charge < -0.3 is 58.9 Å². The molecule has 4 N–H and O–H groups in total. The molecule has 2 bridgehead atoms. The van der Waals surface area contributed by atoms with E-state index in [4.69, 9.17) is 33.2 Å². The average molecular weight is 1610 g/mol. The number of allylic oxidation sites excluding steroid dienone is 6. The maximum Gasteiger partial charge on any atom is 0.340 e. The number of piperidine rings is 1. The number of hydrogen-bond donors (Lipinski definition) is 4. The lowest BCUT2D eigenvalue weighted by Gasteiger charge is -2.42. The number of Topliss-reactive ketones (excluding diaryl/α,β-unsaturated/α-hetero) is 3. The van der Waals surface area contributed by atoms with Crippen LogP contribution in [0.2, 0.25) is 0 Å². The SMILES string of the molecule is CO[C@H]1C[C@@H]2CC[C@@H](C)[C@@](O)(O2)C(=O)C(=O)N2CCCC[C@H]2C(=O)O[C@H]([C@H](C)C[C@@H]2CC[C@@H](OCCCCCCOC(=O)c3c(I)c(NC(C)=O)c(I)c(NC(C)=O)c3I)[C@H](OC)C2)CC(=O)[C@H](C)/C=C(\C)[C@@H](O)[C@@H](OC)C(=O)[C@H](C)C[C@H](C)/C=C/C=CC=C1C. The van der Waals surface area contributed by atoms with Crippen molar-refractivity contribution >= 4 is 126 Å². The highest BCUT2D eigenvalue weighted by Crippen LogP contribution is 2.41. The highest BCUT2D eigenvalue weighted by molar-refractivity contribution is 14.1. The number of methoxy groups -OCH3 is 3. The van der Waals surface area contributed by atoms with Crippen molar-refractivity contribution in [2.45, 2.75) is 220 Å². The second-order valence-corrected chi connectivity index (χ2v) is 28.6. The van der Waals surface area contributed by atoms with Crippen LogP contribution in [0.1, 0.15) is 175 Å². The van der Waals surface area contributed by atoms with E-state index in [1.807, 2.05) is 126 Å². The number of anilines is 2. The zero-order chi connectivity index (χ0) is 67.4. The van der Waals surface area contributed by atoms with Gasteiger partial charge in [-0.25, -0.2) is 9.59 Å². The Morgan fingerprint density at radius 1 is 0.769 bits per heavy atom. The van der Waals surface area contributed by atoms with E-state index >= 15 is 0 Å². The lowest BCUT2D eigenvalue weighted by Crippen LogP contribution is -2.61. The number of nitrogens with one attached hydrogen (secondary N) is 2. The van der Waals surface area contributed by atoms with Crippen molar-refractivity contribution in [3.05, 3.63) is 63.9 Å². The first-order chi connectivity index (χ1) is 43.1. The molecule has 0 aromatic heterocycles. The number of aliphatic hydroxyl groups excluding tert-OH is 1. The molecule has 0 unspecified atom stereocenters. The first-order valence-corrected chi connectivity index (χ1v) is 35.3. The number of carbonyl (C=O) groups is 8. The van der Waals surface area contributed by atoms with Gasteiger partial charge in [0.25, 0.3) is 11.7 Å². The Bertz CT molecular complexity index is 2800. The maximum absolute atomic E-state index is 14.7. The molecule has 91 heavy (non-hydrogen) atoms. The number of esters is 2. The first kappa shape index (κ1) is 78.1. The molecule has 0 radical (unpaired) electrons. The molecular weight excluding hydrogens is 1510 g/mol. The van der Waals surface area contributed by atoms with Crippen LogP contribution < -0.4 is 10.6 Å². The van der Waals surface area contributed by atoms with Gasteiger partial charge in [0.05, 0.1) is 58.7 Å². The highest BCUT2D eigenvalue weighted by atomic mass is 127. The Morgan fingerprint density at radius 2 is 1.43 bits per heavy atom. The van der Waals surface area contributed by atoms with Gasteiger partial charge in [-0.1, -0.05) is 77.5 Å². The number of ether oxygens (including phenoxy) is 7. The van der Waals surface area contributed by atoms with Crippen molar-refractivity contribution in [3.8, 4) is 0 Å². The number of carbonyl (C=O) groups excluding carboxylic acids is 8. The van der Waals surface area contributed by atoms with Crippen LogP contribution in [0.4, 0.5) is 11.4 Å². The Balaban J connectivity index is 1.29. The van der Waals surface area contributed by atoms with E-state index < -0.39 is 83.7 Å². The summed E-state index contributed by atoms with van der Waals surface area (Å²) in [5, 5.41) is 29.3. The number of cyclic esters (lactones) is 1. The number of amides is 3. The monoisotopic (exact) mass is 1610 g/mol. The van der Waals surface area contributed by atoms with Crippen molar-refractivity contribution in [2.75, 3.05) is 51.7 Å². The van der Waals surface area contributed by atoms with Crippen LogP contribution >= 0.6 is 67.8 Å². The van der Waals surface area contributed by atoms with Crippen LogP contribution in [0, 0.1) is 46.2 Å². The molecule has 0 spiro atoms. The molecule has 15 atom stereocenters. The maximum atomic E-state index is 14.7. The van der Waals surface area contributed by atoms with Crippen LogP contribution in [0.3, 0.4) is 0 Å². The van der Waals surface area contributed by atoms with Crippen LogP contribution in [0.5, 0.6) is 0 Å². The van der Waals surface area contributed by atoms with E-state index in [0.29, 0.717) is 98.5 Å². The molecule has 1 aromatic carbocycles. The number of aliphatic hydroxyl groups is 2. The summed E-state index contributed by atoms with van der Waals surface area (Å²) in [7, 11) is 4.61. The zero-order valence-electron chi connectivity index (χ0n) is 55.1. The van der Waals surface area contributed by atoms with Crippen LogP contribution in [0.25, 0.3) is 0 Å². The predicted molar refractivity (Wildman–Crippen MR) is 371 cm³/mol. The number of benzene rings is 1. The molecule has 5 rings (SSSR count). The van der Waals surface area contributed by atoms with Gasteiger partial charge in [-0.05, 0) is 194 Å². The van der Waals surface area contributed by atoms with E-state index in [2.05, 4.69) is 10.6 Å². The number of fused-ring (bicyclic) bond motifs is 3. The van der Waals surface area contributed by atoms with Gasteiger partial charge in [0, 0.05) is 78.9 Å². The van der Waals surface area contributed by atoms with Crippen molar-refractivity contribution < 1.29 is 81.7 Å². The van der Waals surface area contributed by atoms with Crippen molar-refractivity contribution in [1.82, 2.24) is 4.90 Å². The summed E-state index contributed by atoms with van der Waals surface area (Å²) in [4.78, 5) is 111. The molecule has 508 valence electrons. The molecule has 2 saturated heterocycles. The fourth-order valence-electron chi connectivity index (χ4n) is 12.7. The van der Waals surface area contributed by atoms with Crippen LogP contribution in [-0.4, -0.2) is 158 Å². The third kappa shape index (κ3) is 22.0. The smallest absolute Gasteiger partial charge is 0.340 e. The summed E-state index contributed by atoms with van der Waals surface area (Å²) in [5.74, 6) is -9.47.